The molecule has 0 radical (unpaired) electrons. The lowest BCUT2D eigenvalue weighted by Gasteiger charge is -2.12. The van der Waals surface area contributed by atoms with Crippen molar-refractivity contribution >= 4 is 46.3 Å². The number of carbonyl (C=O) groups is 1. The maximum Gasteiger partial charge on any atom is 0.224 e. The predicted molar refractivity (Wildman–Crippen MR) is 115 cm³/mol. The van der Waals surface area contributed by atoms with E-state index in [2.05, 4.69) is 15.6 Å². The smallest absolute Gasteiger partial charge is 0.224 e. The number of aromatic hydroxyl groups is 1. The number of nitrogens with zero attached hydrogens (tertiary/aromatic N) is 1. The van der Waals surface area contributed by atoms with E-state index >= 15 is 0 Å². The highest BCUT2D eigenvalue weighted by molar-refractivity contribution is 6.35. The lowest BCUT2D eigenvalue weighted by Crippen LogP contribution is -2.14. The van der Waals surface area contributed by atoms with Crippen LogP contribution >= 0.6 is 23.2 Å². The van der Waals surface area contributed by atoms with Gasteiger partial charge in [0.1, 0.15) is 11.5 Å². The van der Waals surface area contributed by atoms with E-state index in [1.54, 1.807) is 60.8 Å². The summed E-state index contributed by atoms with van der Waals surface area (Å²) < 4.78 is 5.59. The van der Waals surface area contributed by atoms with Crippen molar-refractivity contribution in [3.8, 4) is 11.5 Å². The van der Waals surface area contributed by atoms with Crippen LogP contribution < -0.4 is 15.4 Å². The van der Waals surface area contributed by atoms with Gasteiger partial charge in [-0.15, -0.1) is 0 Å². The van der Waals surface area contributed by atoms with Gasteiger partial charge in [0.05, 0.1) is 17.3 Å². The molecule has 0 atom stereocenters. The van der Waals surface area contributed by atoms with Crippen molar-refractivity contribution in [3.05, 3.63) is 70.8 Å². The Labute approximate surface area is 178 Å². The fourth-order valence-electron chi connectivity index (χ4n) is 2.51. The Morgan fingerprint density at radius 1 is 1.10 bits per heavy atom. The van der Waals surface area contributed by atoms with Crippen molar-refractivity contribution in [1.82, 2.24) is 4.98 Å². The second-order valence-corrected chi connectivity index (χ2v) is 6.99. The summed E-state index contributed by atoms with van der Waals surface area (Å²) in [4.78, 5) is 16.5. The van der Waals surface area contributed by atoms with Gasteiger partial charge in [0.2, 0.25) is 5.91 Å². The summed E-state index contributed by atoms with van der Waals surface area (Å²) in [6.45, 7) is 0.348. The first-order valence-electron chi connectivity index (χ1n) is 8.90. The number of rotatable bonds is 8. The second kappa shape index (κ2) is 10.0. The molecule has 0 fully saturated rings. The van der Waals surface area contributed by atoms with Gasteiger partial charge in [0, 0.05) is 23.3 Å². The minimum absolute atomic E-state index is 0.155. The van der Waals surface area contributed by atoms with Crippen LogP contribution in [0.15, 0.2) is 60.8 Å². The number of pyridine rings is 1. The lowest BCUT2D eigenvalue weighted by atomic mass is 10.2. The van der Waals surface area contributed by atoms with E-state index in [1.165, 1.54) is 0 Å². The van der Waals surface area contributed by atoms with Gasteiger partial charge < -0.3 is 20.5 Å². The van der Waals surface area contributed by atoms with Crippen molar-refractivity contribution in [2.45, 2.75) is 12.8 Å². The highest BCUT2D eigenvalue weighted by Crippen LogP contribution is 2.28. The summed E-state index contributed by atoms with van der Waals surface area (Å²) in [5, 5.41) is 16.3. The molecule has 0 aliphatic heterocycles. The average Bonchev–Trinajstić information content (AvgIpc) is 2.70. The molecule has 0 spiro atoms. The Morgan fingerprint density at radius 2 is 1.90 bits per heavy atom. The molecule has 0 saturated heterocycles. The fraction of sp³-hybridized carbons (Fsp3) is 0.143. The van der Waals surface area contributed by atoms with Gasteiger partial charge in [-0.05, 0) is 61.0 Å². The van der Waals surface area contributed by atoms with Gasteiger partial charge in [-0.25, -0.2) is 4.98 Å². The van der Waals surface area contributed by atoms with Crippen LogP contribution in [0, 0.1) is 0 Å². The molecule has 3 N–H and O–H groups in total. The van der Waals surface area contributed by atoms with Crippen LogP contribution in [-0.4, -0.2) is 22.6 Å². The van der Waals surface area contributed by atoms with Crippen LogP contribution in [0.25, 0.3) is 0 Å². The van der Waals surface area contributed by atoms with Gasteiger partial charge >= 0.3 is 0 Å². The largest absolute Gasteiger partial charge is 0.508 e. The standard InChI is InChI=1S/C21H19Cl2N3O3/c22-14-5-10-19(17(23)13-14)29-12-2-4-20(28)26-18-3-1-11-24-21(18)25-15-6-8-16(27)9-7-15/h1,3,5-11,13,27H,2,4,12H2,(H,24,25)(H,26,28). The summed E-state index contributed by atoms with van der Waals surface area (Å²) in [7, 11) is 0. The van der Waals surface area contributed by atoms with Crippen molar-refractivity contribution in [1.29, 1.82) is 0 Å². The molecular formula is C21H19Cl2N3O3. The normalized spacial score (nSPS) is 10.4. The highest BCUT2D eigenvalue weighted by Gasteiger charge is 2.09. The number of amides is 1. The third-order valence-electron chi connectivity index (χ3n) is 3.91. The topological polar surface area (TPSA) is 83.5 Å². The number of phenols is 1. The van der Waals surface area contributed by atoms with Gasteiger partial charge in [-0.1, -0.05) is 23.2 Å². The molecule has 3 rings (SSSR count). The fourth-order valence-corrected chi connectivity index (χ4v) is 2.97. The molecule has 1 aromatic heterocycles. The molecular weight excluding hydrogens is 413 g/mol. The number of benzene rings is 2. The van der Waals surface area contributed by atoms with Crippen LogP contribution in [-0.2, 0) is 4.79 Å². The third-order valence-corrected chi connectivity index (χ3v) is 4.44. The Kier molecular flexibility index (Phi) is 7.16. The number of hydrogen-bond donors (Lipinski definition) is 3. The molecule has 0 bridgehead atoms. The van der Waals surface area contributed by atoms with E-state index in [-0.39, 0.29) is 18.1 Å². The molecule has 0 aliphatic carbocycles. The molecule has 150 valence electrons. The number of aromatic nitrogens is 1. The summed E-state index contributed by atoms with van der Waals surface area (Å²) in [6, 6.07) is 15.1. The minimum atomic E-state index is -0.155. The minimum Gasteiger partial charge on any atom is -0.508 e. The summed E-state index contributed by atoms with van der Waals surface area (Å²) in [5.41, 5.74) is 1.30. The van der Waals surface area contributed by atoms with Gasteiger partial charge in [-0.3, -0.25) is 4.79 Å². The zero-order chi connectivity index (χ0) is 20.6. The quantitative estimate of drug-likeness (QED) is 0.317. The molecule has 8 heteroatoms. The van der Waals surface area contributed by atoms with E-state index < -0.39 is 0 Å². The summed E-state index contributed by atoms with van der Waals surface area (Å²) in [5.74, 6) is 1.06. The van der Waals surface area contributed by atoms with Crippen LogP contribution in [0.1, 0.15) is 12.8 Å². The Hall–Kier alpha value is -2.96. The first kappa shape index (κ1) is 20.8. The number of carbonyl (C=O) groups excluding carboxylic acids is 1. The highest BCUT2D eigenvalue weighted by atomic mass is 35.5. The summed E-state index contributed by atoms with van der Waals surface area (Å²) >= 11 is 11.9. The van der Waals surface area contributed by atoms with Crippen LogP contribution in [0.4, 0.5) is 17.2 Å². The predicted octanol–water partition coefficient (Wildman–Crippen LogP) is 5.64. The molecule has 0 aliphatic rings. The average molecular weight is 432 g/mol. The number of anilines is 3. The first-order chi connectivity index (χ1) is 14.0. The molecule has 6 nitrogen and oxygen atoms in total. The van der Waals surface area contributed by atoms with Crippen LogP contribution in [0.3, 0.4) is 0 Å². The lowest BCUT2D eigenvalue weighted by molar-refractivity contribution is -0.116. The summed E-state index contributed by atoms with van der Waals surface area (Å²) in [6.07, 6.45) is 2.42. The van der Waals surface area contributed by atoms with Crippen LogP contribution in [0.5, 0.6) is 11.5 Å². The van der Waals surface area contributed by atoms with E-state index in [0.29, 0.717) is 40.3 Å². The first-order valence-corrected chi connectivity index (χ1v) is 9.65. The monoisotopic (exact) mass is 431 g/mol. The van der Waals surface area contributed by atoms with E-state index in [1.807, 2.05) is 0 Å². The van der Waals surface area contributed by atoms with Crippen LogP contribution in [0.2, 0.25) is 10.0 Å². The Balaban J connectivity index is 1.51. The number of phenolic OH excluding ortho intramolecular Hbond substituents is 1. The van der Waals surface area contributed by atoms with Crippen molar-refractivity contribution < 1.29 is 14.6 Å². The number of nitrogens with one attached hydrogen (secondary N) is 2. The maximum atomic E-state index is 12.3. The van der Waals surface area contributed by atoms with E-state index in [0.717, 1.165) is 5.69 Å². The Bertz CT molecular complexity index is 981. The Morgan fingerprint density at radius 3 is 2.66 bits per heavy atom. The molecule has 0 saturated carbocycles. The molecule has 29 heavy (non-hydrogen) atoms. The molecule has 2 aromatic carbocycles. The van der Waals surface area contributed by atoms with Crippen molar-refractivity contribution in [2.75, 3.05) is 17.2 Å². The van der Waals surface area contributed by atoms with E-state index in [9.17, 15) is 9.90 Å². The zero-order valence-electron chi connectivity index (χ0n) is 15.4. The van der Waals surface area contributed by atoms with E-state index in [4.69, 9.17) is 27.9 Å². The molecule has 1 heterocycles. The van der Waals surface area contributed by atoms with Gasteiger partial charge in [0.15, 0.2) is 5.82 Å². The number of hydrogen-bond acceptors (Lipinski definition) is 5. The second-order valence-electron chi connectivity index (χ2n) is 6.15. The van der Waals surface area contributed by atoms with Gasteiger partial charge in [0.25, 0.3) is 0 Å². The molecule has 1 amide bonds. The van der Waals surface area contributed by atoms with Crippen molar-refractivity contribution in [3.63, 3.8) is 0 Å². The third kappa shape index (κ3) is 6.27. The SMILES string of the molecule is O=C(CCCOc1ccc(Cl)cc1Cl)Nc1cccnc1Nc1ccc(O)cc1. The molecule has 3 aromatic rings. The zero-order valence-corrected chi connectivity index (χ0v) is 16.9. The molecule has 0 unspecified atom stereocenters. The number of halogens is 2. The van der Waals surface area contributed by atoms with Crippen molar-refractivity contribution in [2.24, 2.45) is 0 Å². The number of ether oxygens (including phenoxy) is 1. The van der Waals surface area contributed by atoms with Gasteiger partial charge in [-0.2, -0.15) is 0 Å². The maximum absolute atomic E-state index is 12.3.